The summed E-state index contributed by atoms with van der Waals surface area (Å²) in [5, 5.41) is 10.3. The zero-order chi connectivity index (χ0) is 20.5. The fraction of sp³-hybridized carbons (Fsp3) is 1.00. The van der Waals surface area contributed by atoms with Crippen molar-refractivity contribution in [2.75, 3.05) is 65.4 Å². The maximum Gasteiger partial charge on any atom is 2.00 e. The molecule has 1 aliphatic rings. The maximum absolute atomic E-state index is 8.49. The molecule has 27 heavy (non-hydrogen) atoms. The molecule has 0 atom stereocenters. The Balaban J connectivity index is -0.000000436. The third kappa shape index (κ3) is 46.6. The van der Waals surface area contributed by atoms with Crippen molar-refractivity contribution in [1.82, 2.24) is 20.9 Å². The molecule has 5 N–H and O–H groups in total. The Hall–Kier alpha value is 0.683. The SMILES string of the molecule is NCCCN1CCNCCNCCNCC1.[O-][Cl+3]([O-])([O-])[O-].[O-][Cl+3]([O-])([O-])[O-].[Zn+2]. The Kier molecular flexibility index (Phi) is 23.9. The van der Waals surface area contributed by atoms with Gasteiger partial charge in [-0.05, 0) is 19.5 Å². The van der Waals surface area contributed by atoms with Crippen molar-refractivity contribution in [3.05, 3.63) is 0 Å². The van der Waals surface area contributed by atoms with Crippen molar-refractivity contribution in [2.45, 2.75) is 6.42 Å². The summed E-state index contributed by atoms with van der Waals surface area (Å²) < 4.78 is 67.9. The third-order valence-corrected chi connectivity index (χ3v) is 2.85. The van der Waals surface area contributed by atoms with Gasteiger partial charge < -0.3 is 26.6 Å². The summed E-state index contributed by atoms with van der Waals surface area (Å²) in [4.78, 5) is 2.49. The van der Waals surface area contributed by atoms with Crippen molar-refractivity contribution in [2.24, 2.45) is 5.73 Å². The van der Waals surface area contributed by atoms with Crippen molar-refractivity contribution in [1.29, 1.82) is 0 Å². The summed E-state index contributed by atoms with van der Waals surface area (Å²) in [6.07, 6.45) is 1.10. The van der Waals surface area contributed by atoms with Crippen LogP contribution in [0.4, 0.5) is 0 Å². The maximum atomic E-state index is 8.49. The molecule has 1 saturated heterocycles. The van der Waals surface area contributed by atoms with Gasteiger partial charge in [-0.1, -0.05) is 0 Å². The molecular weight excluding hydrogens is 466 g/mol. The van der Waals surface area contributed by atoms with Gasteiger partial charge in [0.15, 0.2) is 0 Å². The Morgan fingerprint density at radius 3 is 1.26 bits per heavy atom. The summed E-state index contributed by atoms with van der Waals surface area (Å²) in [5.41, 5.74) is 5.55. The van der Waals surface area contributed by atoms with E-state index < -0.39 is 20.5 Å². The quantitative estimate of drug-likeness (QED) is 0.267. The molecule has 0 amide bonds. The predicted octanol–water partition coefficient (Wildman–Crippen LogP) is -11.1. The van der Waals surface area contributed by atoms with Gasteiger partial charge in [0.1, 0.15) is 0 Å². The number of hydrogen-bond acceptors (Lipinski definition) is 13. The minimum Gasteiger partial charge on any atom is -0.330 e. The fourth-order valence-corrected chi connectivity index (χ4v) is 1.85. The van der Waals surface area contributed by atoms with Crippen LogP contribution < -0.4 is 59.0 Å². The fourth-order valence-electron chi connectivity index (χ4n) is 1.85. The average Bonchev–Trinajstić information content (AvgIpc) is 2.43. The number of nitrogens with zero attached hydrogens (tertiary/aromatic N) is 1. The van der Waals surface area contributed by atoms with Crippen molar-refractivity contribution < 1.29 is 77.2 Å². The second kappa shape index (κ2) is 20.0. The molecule has 0 radical (unpaired) electrons. The van der Waals surface area contributed by atoms with E-state index in [9.17, 15) is 0 Å². The molecule has 1 rings (SSSR count). The van der Waals surface area contributed by atoms with E-state index in [4.69, 9.17) is 43.0 Å². The van der Waals surface area contributed by atoms with Gasteiger partial charge in [-0.3, -0.25) is 0 Å². The number of hydrogen-bond donors (Lipinski definition) is 4. The molecular formula is C11H27Cl2N5O8Zn. The first kappa shape index (κ1) is 32.4. The molecule has 1 aliphatic heterocycles. The molecule has 16 heteroatoms. The Morgan fingerprint density at radius 1 is 0.667 bits per heavy atom. The smallest absolute Gasteiger partial charge is 0.330 e. The van der Waals surface area contributed by atoms with Crippen LogP contribution in [0.15, 0.2) is 0 Å². The van der Waals surface area contributed by atoms with E-state index in [-0.39, 0.29) is 19.5 Å². The summed E-state index contributed by atoms with van der Waals surface area (Å²) in [5.74, 6) is 0. The molecule has 0 aromatic rings. The van der Waals surface area contributed by atoms with E-state index in [1.165, 1.54) is 0 Å². The van der Waals surface area contributed by atoms with Crippen LogP contribution in [0, 0.1) is 20.5 Å². The normalized spacial score (nSPS) is 17.7. The Morgan fingerprint density at radius 2 is 0.963 bits per heavy atom. The number of nitrogens with two attached hydrogens (primary N) is 1. The second-order valence-electron chi connectivity index (χ2n) is 4.99. The van der Waals surface area contributed by atoms with Crippen molar-refractivity contribution >= 4 is 0 Å². The van der Waals surface area contributed by atoms with Crippen LogP contribution in [0.1, 0.15) is 6.42 Å². The number of halogens is 2. The predicted molar refractivity (Wildman–Crippen MR) is 68.7 cm³/mol. The average molecular weight is 494 g/mol. The van der Waals surface area contributed by atoms with Crippen LogP contribution in [0.2, 0.25) is 0 Å². The van der Waals surface area contributed by atoms with Crippen LogP contribution >= 0.6 is 0 Å². The van der Waals surface area contributed by atoms with Crippen LogP contribution in [0.5, 0.6) is 0 Å². The van der Waals surface area contributed by atoms with Gasteiger partial charge in [-0.2, -0.15) is 0 Å². The van der Waals surface area contributed by atoms with E-state index in [0.717, 1.165) is 71.9 Å². The van der Waals surface area contributed by atoms with Crippen LogP contribution in [-0.4, -0.2) is 70.3 Å². The van der Waals surface area contributed by atoms with Crippen LogP contribution in [0.25, 0.3) is 0 Å². The van der Waals surface area contributed by atoms with E-state index in [1.54, 1.807) is 0 Å². The summed E-state index contributed by atoms with van der Waals surface area (Å²) in [6.45, 7) is 10.6. The number of nitrogens with one attached hydrogen (secondary N) is 3. The summed E-state index contributed by atoms with van der Waals surface area (Å²) in [7, 11) is -9.89. The van der Waals surface area contributed by atoms with Gasteiger partial charge >= 0.3 is 19.5 Å². The molecule has 160 valence electrons. The topological polar surface area (TPSA) is 250 Å². The van der Waals surface area contributed by atoms with E-state index >= 15 is 0 Å². The van der Waals surface area contributed by atoms with E-state index in [1.807, 2.05) is 0 Å². The molecule has 0 aromatic carbocycles. The monoisotopic (exact) mass is 491 g/mol. The molecule has 13 nitrogen and oxygen atoms in total. The standard InChI is InChI=1S/C11H27N5.2ClHO4.Zn/c12-2-1-9-16-10-7-14-5-3-13-4-6-15-8-11-16;2*2-1(3,4)5;/h13-15H,1-12H2;2*(H,2,3,4,5);/q;;;+2/p-2. The van der Waals surface area contributed by atoms with Gasteiger partial charge in [0.25, 0.3) is 0 Å². The molecule has 0 saturated carbocycles. The van der Waals surface area contributed by atoms with Crippen LogP contribution in [-0.2, 0) is 19.5 Å². The molecule has 0 aromatic heterocycles. The van der Waals surface area contributed by atoms with Crippen molar-refractivity contribution in [3.63, 3.8) is 0 Å². The van der Waals surface area contributed by atoms with Gasteiger partial charge in [0.05, 0.1) is 0 Å². The Labute approximate surface area is 175 Å². The van der Waals surface area contributed by atoms with E-state index in [2.05, 4.69) is 20.9 Å². The first-order valence-corrected chi connectivity index (χ1v) is 10.2. The zero-order valence-corrected chi connectivity index (χ0v) is 19.5. The summed E-state index contributed by atoms with van der Waals surface area (Å²) >= 11 is 0. The van der Waals surface area contributed by atoms with Gasteiger partial charge in [0.2, 0.25) is 0 Å². The van der Waals surface area contributed by atoms with Crippen LogP contribution in [0.3, 0.4) is 0 Å². The molecule has 0 bridgehead atoms. The largest absolute Gasteiger partial charge is 2.00 e. The van der Waals surface area contributed by atoms with Gasteiger partial charge in [-0.25, -0.2) is 37.3 Å². The summed E-state index contributed by atoms with van der Waals surface area (Å²) in [6, 6.07) is 0. The third-order valence-electron chi connectivity index (χ3n) is 2.85. The van der Waals surface area contributed by atoms with Gasteiger partial charge in [-0.15, -0.1) is 20.5 Å². The molecule has 0 unspecified atom stereocenters. The first-order chi connectivity index (χ1) is 11.9. The van der Waals surface area contributed by atoms with E-state index in [0.29, 0.717) is 0 Å². The molecule has 0 aliphatic carbocycles. The minimum absolute atomic E-state index is 0. The minimum atomic E-state index is -4.94. The first-order valence-electron chi connectivity index (χ1n) is 7.71. The zero-order valence-electron chi connectivity index (χ0n) is 15.0. The molecule has 1 fully saturated rings. The number of rotatable bonds is 3. The molecule has 0 spiro atoms. The second-order valence-corrected chi connectivity index (χ2v) is 6.50. The molecule has 1 heterocycles. The Bertz CT molecular complexity index is 279. The van der Waals surface area contributed by atoms with Crippen molar-refractivity contribution in [3.8, 4) is 0 Å². The van der Waals surface area contributed by atoms with Gasteiger partial charge in [0, 0.05) is 52.4 Å².